The Morgan fingerprint density at radius 2 is 1.85 bits per heavy atom. The maximum absolute atomic E-state index is 12.6. The molecule has 0 bridgehead atoms. The van der Waals surface area contributed by atoms with Crippen LogP contribution in [0.1, 0.15) is 24.2 Å². The van der Waals surface area contributed by atoms with Crippen molar-refractivity contribution in [3.05, 3.63) is 56.5 Å². The highest BCUT2D eigenvalue weighted by Gasteiger charge is 2.15. The summed E-state index contributed by atoms with van der Waals surface area (Å²) in [4.78, 5) is 12.6. The molecule has 0 saturated heterocycles. The first-order valence-corrected chi connectivity index (χ1v) is 9.71. The van der Waals surface area contributed by atoms with Crippen molar-refractivity contribution in [1.29, 1.82) is 0 Å². The Bertz CT molecular complexity index is 811. The zero-order chi connectivity index (χ0) is 19.3. The second kappa shape index (κ2) is 9.55. The van der Waals surface area contributed by atoms with Crippen molar-refractivity contribution in [2.75, 3.05) is 11.9 Å². The van der Waals surface area contributed by atoms with Crippen LogP contribution in [0.4, 0.5) is 5.69 Å². The van der Waals surface area contributed by atoms with Crippen molar-refractivity contribution in [2.45, 2.75) is 13.8 Å². The summed E-state index contributed by atoms with van der Waals surface area (Å²) in [7, 11) is 0. The molecule has 0 fully saturated rings. The van der Waals surface area contributed by atoms with Crippen LogP contribution in [-0.4, -0.2) is 17.6 Å². The Kier molecular flexibility index (Phi) is 7.70. The smallest absolute Gasteiger partial charge is 0.261 e. The van der Waals surface area contributed by atoms with E-state index in [0.29, 0.717) is 39.6 Å². The average Bonchev–Trinajstić information content (AvgIpc) is 2.52. The number of ether oxygens (including phenoxy) is 1. The minimum Gasteiger partial charge on any atom is -0.492 e. The number of benzene rings is 2. The molecule has 2 aromatic rings. The van der Waals surface area contributed by atoms with E-state index < -0.39 is 0 Å². The van der Waals surface area contributed by atoms with E-state index in [9.17, 15) is 4.79 Å². The molecule has 0 aliphatic rings. The molecule has 2 rings (SSSR count). The largest absolute Gasteiger partial charge is 0.492 e. The monoisotopic (exact) mass is 474 g/mol. The van der Waals surface area contributed by atoms with Crippen LogP contribution in [0.25, 0.3) is 0 Å². The van der Waals surface area contributed by atoms with E-state index in [2.05, 4.69) is 26.6 Å². The van der Waals surface area contributed by atoms with Gasteiger partial charge in [-0.15, -0.1) is 0 Å². The number of carbonyl (C=O) groups excluding carboxylic acids is 1. The normalized spacial score (nSPS) is 10.5. The summed E-state index contributed by atoms with van der Waals surface area (Å²) in [6, 6.07) is 10.2. The number of hydrogen-bond donors (Lipinski definition) is 2. The summed E-state index contributed by atoms with van der Waals surface area (Å²) in [5.74, 6) is 0.452. The third-order valence-electron chi connectivity index (χ3n) is 3.11. The van der Waals surface area contributed by atoms with Crippen molar-refractivity contribution < 1.29 is 9.53 Å². The van der Waals surface area contributed by atoms with Crippen molar-refractivity contribution in [2.24, 2.45) is 5.92 Å². The number of rotatable bonds is 5. The van der Waals surface area contributed by atoms with Gasteiger partial charge in [0.05, 0.1) is 12.2 Å². The molecule has 0 spiro atoms. The van der Waals surface area contributed by atoms with Crippen LogP contribution in [0.15, 0.2) is 40.9 Å². The van der Waals surface area contributed by atoms with Gasteiger partial charge in [-0.2, -0.15) is 0 Å². The first kappa shape index (κ1) is 21.0. The Labute approximate surface area is 176 Å². The van der Waals surface area contributed by atoms with Crippen LogP contribution < -0.4 is 15.4 Å². The van der Waals surface area contributed by atoms with Gasteiger partial charge in [-0.25, -0.2) is 0 Å². The summed E-state index contributed by atoms with van der Waals surface area (Å²) < 4.78 is 6.49. The lowest BCUT2D eigenvalue weighted by molar-refractivity contribution is 0.0973. The topological polar surface area (TPSA) is 50.4 Å². The second-order valence-corrected chi connectivity index (χ2v) is 8.11. The van der Waals surface area contributed by atoms with Crippen LogP contribution in [-0.2, 0) is 0 Å². The second-order valence-electron chi connectivity index (χ2n) is 5.91. The van der Waals surface area contributed by atoms with E-state index in [0.717, 1.165) is 4.47 Å². The highest BCUT2D eigenvalue weighted by Crippen LogP contribution is 2.25. The lowest BCUT2D eigenvalue weighted by atomic mass is 10.2. The number of hydrogen-bond acceptors (Lipinski definition) is 3. The molecule has 4 nitrogen and oxygen atoms in total. The molecule has 138 valence electrons. The van der Waals surface area contributed by atoms with Gasteiger partial charge in [-0.05, 0) is 54.5 Å². The lowest BCUT2D eigenvalue weighted by Gasteiger charge is -2.15. The highest BCUT2D eigenvalue weighted by atomic mass is 79.9. The van der Waals surface area contributed by atoms with Crippen LogP contribution in [0.5, 0.6) is 5.75 Å². The molecule has 0 aliphatic heterocycles. The van der Waals surface area contributed by atoms with Gasteiger partial charge >= 0.3 is 0 Å². The first-order chi connectivity index (χ1) is 12.2. The molecule has 2 N–H and O–H groups in total. The number of nitrogens with one attached hydrogen (secondary N) is 2. The van der Waals surface area contributed by atoms with Gasteiger partial charge < -0.3 is 10.1 Å². The summed E-state index contributed by atoms with van der Waals surface area (Å²) in [5.41, 5.74) is 0.964. The fraction of sp³-hybridized carbons (Fsp3) is 0.222. The van der Waals surface area contributed by atoms with Crippen molar-refractivity contribution in [3.8, 4) is 5.75 Å². The fourth-order valence-corrected chi connectivity index (χ4v) is 3.12. The molecule has 26 heavy (non-hydrogen) atoms. The van der Waals surface area contributed by atoms with E-state index in [4.69, 9.17) is 40.2 Å². The third-order valence-corrected chi connectivity index (χ3v) is 4.24. The summed E-state index contributed by atoms with van der Waals surface area (Å²) in [5, 5.41) is 6.57. The Morgan fingerprint density at radius 3 is 2.46 bits per heavy atom. The summed E-state index contributed by atoms with van der Waals surface area (Å²) in [6.07, 6.45) is 0. The zero-order valence-electron chi connectivity index (χ0n) is 14.1. The molecule has 0 heterocycles. The quantitative estimate of drug-likeness (QED) is 0.527. The van der Waals surface area contributed by atoms with Gasteiger partial charge in [-0.1, -0.05) is 53.0 Å². The molecule has 0 aromatic heterocycles. The van der Waals surface area contributed by atoms with Gasteiger partial charge in [0.25, 0.3) is 5.91 Å². The van der Waals surface area contributed by atoms with Gasteiger partial charge in [0.1, 0.15) is 5.75 Å². The summed E-state index contributed by atoms with van der Waals surface area (Å²) in [6.45, 7) is 4.58. The minimum absolute atomic E-state index is 0.128. The van der Waals surface area contributed by atoms with Gasteiger partial charge in [-0.3, -0.25) is 10.1 Å². The third kappa shape index (κ3) is 6.43. The molecule has 0 saturated carbocycles. The molecular formula is C18H17BrCl2N2O2S. The van der Waals surface area contributed by atoms with E-state index in [-0.39, 0.29) is 11.0 Å². The van der Waals surface area contributed by atoms with Gasteiger partial charge in [0.2, 0.25) is 0 Å². The average molecular weight is 476 g/mol. The van der Waals surface area contributed by atoms with E-state index in [1.165, 1.54) is 0 Å². The van der Waals surface area contributed by atoms with Crippen LogP contribution in [0.2, 0.25) is 10.0 Å². The van der Waals surface area contributed by atoms with E-state index >= 15 is 0 Å². The standard InChI is InChI=1S/C18H17BrCl2N2O2S/c1-10(2)9-25-16-4-3-11(19)5-15(16)17(24)23-18(26)22-14-7-12(20)6-13(21)8-14/h3-8,10H,9H2,1-2H3,(H2,22,23,24,26). The fourth-order valence-electron chi connectivity index (χ4n) is 2.02. The zero-order valence-corrected chi connectivity index (χ0v) is 18.0. The number of amides is 1. The van der Waals surface area contributed by atoms with Gasteiger partial charge in [0.15, 0.2) is 5.11 Å². The Morgan fingerprint density at radius 1 is 1.19 bits per heavy atom. The predicted octanol–water partition coefficient (Wildman–Crippen LogP) is 5.92. The Balaban J connectivity index is 2.10. The van der Waals surface area contributed by atoms with Crippen molar-refractivity contribution in [1.82, 2.24) is 5.32 Å². The van der Waals surface area contributed by atoms with E-state index in [1.807, 2.05) is 19.9 Å². The van der Waals surface area contributed by atoms with Crippen molar-refractivity contribution >= 4 is 68.1 Å². The maximum Gasteiger partial charge on any atom is 0.261 e. The molecular weight excluding hydrogens is 459 g/mol. The molecule has 0 aliphatic carbocycles. The molecule has 1 amide bonds. The minimum atomic E-state index is -0.379. The first-order valence-electron chi connectivity index (χ1n) is 7.75. The molecule has 2 aromatic carbocycles. The van der Waals surface area contributed by atoms with Crippen LogP contribution in [0.3, 0.4) is 0 Å². The molecule has 0 unspecified atom stereocenters. The summed E-state index contributed by atoms with van der Waals surface area (Å²) >= 11 is 20.5. The number of halogens is 3. The van der Waals surface area contributed by atoms with Crippen LogP contribution >= 0.6 is 51.3 Å². The van der Waals surface area contributed by atoms with Crippen molar-refractivity contribution in [3.63, 3.8) is 0 Å². The molecule has 0 radical (unpaired) electrons. The van der Waals surface area contributed by atoms with E-state index in [1.54, 1.807) is 30.3 Å². The number of carbonyl (C=O) groups is 1. The van der Waals surface area contributed by atoms with Crippen LogP contribution in [0, 0.1) is 5.92 Å². The van der Waals surface area contributed by atoms with Gasteiger partial charge in [0, 0.05) is 20.2 Å². The number of anilines is 1. The predicted molar refractivity (Wildman–Crippen MR) is 115 cm³/mol. The SMILES string of the molecule is CC(C)COc1ccc(Br)cc1C(=O)NC(=S)Nc1cc(Cl)cc(Cl)c1. The Hall–Kier alpha value is -1.34. The molecule has 0 atom stereocenters. The molecule has 8 heteroatoms. The highest BCUT2D eigenvalue weighted by molar-refractivity contribution is 9.10. The maximum atomic E-state index is 12.6. The lowest BCUT2D eigenvalue weighted by Crippen LogP contribution is -2.34. The number of thiocarbonyl (C=S) groups is 1.